The van der Waals surface area contributed by atoms with E-state index in [1.807, 2.05) is 0 Å². The maximum absolute atomic E-state index is 11.3. The summed E-state index contributed by atoms with van der Waals surface area (Å²) in [6.45, 7) is 8.89. The molecule has 16 heavy (non-hydrogen) atoms. The van der Waals surface area contributed by atoms with Crippen LogP contribution in [0.2, 0.25) is 0 Å². The Hall–Kier alpha value is -1.51. The second-order valence-electron chi connectivity index (χ2n) is 3.85. The van der Waals surface area contributed by atoms with Crippen molar-refractivity contribution in [2.75, 3.05) is 0 Å². The maximum Gasteiger partial charge on any atom is 0.310 e. The summed E-state index contributed by atoms with van der Waals surface area (Å²) < 4.78 is 0. The van der Waals surface area contributed by atoms with Crippen molar-refractivity contribution in [2.45, 2.75) is 32.6 Å². The van der Waals surface area contributed by atoms with Gasteiger partial charge in [-0.25, -0.2) is 0 Å². The number of carboxylic acids is 1. The Kier molecular flexibility index (Phi) is 6.23. The Morgan fingerprint density at radius 2 is 1.75 bits per heavy atom. The first-order valence-electron chi connectivity index (χ1n) is 5.31. The second-order valence-corrected chi connectivity index (χ2v) is 3.85. The summed E-state index contributed by atoms with van der Waals surface area (Å²) in [5, 5.41) is 18.6. The third-order valence-electron chi connectivity index (χ3n) is 2.72. The number of allylic oxidation sites excluding steroid dienone is 4. The molecule has 0 bridgehead atoms. The van der Waals surface area contributed by atoms with Crippen molar-refractivity contribution in [1.82, 2.24) is 0 Å². The number of rotatable bonds is 8. The van der Waals surface area contributed by atoms with Gasteiger partial charge in [0.2, 0.25) is 0 Å². The van der Waals surface area contributed by atoms with E-state index in [0.29, 0.717) is 25.7 Å². The van der Waals surface area contributed by atoms with Crippen molar-refractivity contribution < 1.29 is 15.0 Å². The molecule has 0 saturated heterocycles. The van der Waals surface area contributed by atoms with E-state index in [4.69, 9.17) is 0 Å². The van der Waals surface area contributed by atoms with Gasteiger partial charge in [0.15, 0.2) is 0 Å². The molecule has 0 rings (SSSR count). The van der Waals surface area contributed by atoms with E-state index >= 15 is 0 Å². The van der Waals surface area contributed by atoms with Crippen LogP contribution in [-0.4, -0.2) is 16.2 Å². The minimum atomic E-state index is -0.888. The molecule has 0 fully saturated rings. The van der Waals surface area contributed by atoms with E-state index in [9.17, 15) is 15.0 Å². The van der Waals surface area contributed by atoms with Gasteiger partial charge in [0, 0.05) is 6.42 Å². The molecule has 0 amide bonds. The number of aliphatic carboxylic acids is 1. The minimum Gasteiger partial charge on any atom is -0.513 e. The number of aliphatic hydroxyl groups is 1. The molecule has 90 valence electrons. The lowest BCUT2D eigenvalue weighted by Crippen LogP contribution is -2.30. The molecule has 3 heteroatoms. The average Bonchev–Trinajstić information content (AvgIpc) is 2.25. The van der Waals surface area contributed by atoms with Crippen LogP contribution in [0.25, 0.3) is 0 Å². The Balaban J connectivity index is 4.80. The zero-order chi connectivity index (χ0) is 12.6. The number of carboxylic acid groups (broad SMARTS) is 1. The lowest BCUT2D eigenvalue weighted by atomic mass is 9.77. The van der Waals surface area contributed by atoms with Crippen molar-refractivity contribution in [3.63, 3.8) is 0 Å². The van der Waals surface area contributed by atoms with Crippen molar-refractivity contribution in [1.29, 1.82) is 0 Å². The van der Waals surface area contributed by atoms with Crippen LogP contribution in [0.4, 0.5) is 0 Å². The van der Waals surface area contributed by atoms with Crippen molar-refractivity contribution in [2.24, 2.45) is 5.41 Å². The van der Waals surface area contributed by atoms with Crippen LogP contribution in [0.5, 0.6) is 0 Å². The van der Waals surface area contributed by atoms with E-state index in [2.05, 4.69) is 13.2 Å². The smallest absolute Gasteiger partial charge is 0.310 e. The highest BCUT2D eigenvalue weighted by atomic mass is 16.4. The van der Waals surface area contributed by atoms with Gasteiger partial charge in [-0.15, -0.1) is 13.2 Å². The van der Waals surface area contributed by atoms with Crippen molar-refractivity contribution in [3.05, 3.63) is 37.1 Å². The molecule has 0 heterocycles. The van der Waals surface area contributed by atoms with Gasteiger partial charge in [0.25, 0.3) is 0 Å². The van der Waals surface area contributed by atoms with Gasteiger partial charge in [-0.1, -0.05) is 12.2 Å². The summed E-state index contributed by atoms with van der Waals surface area (Å²) >= 11 is 0. The molecule has 2 N–H and O–H groups in total. The first-order chi connectivity index (χ1) is 7.52. The molecule has 0 spiro atoms. The SMILES string of the molecule is C=CCC(CC=C)(CCC(O)=CC)C(=O)O. The zero-order valence-electron chi connectivity index (χ0n) is 9.78. The van der Waals surface area contributed by atoms with Gasteiger partial charge < -0.3 is 10.2 Å². The Labute approximate surface area is 96.8 Å². The number of hydrogen-bond donors (Lipinski definition) is 2. The third-order valence-corrected chi connectivity index (χ3v) is 2.72. The summed E-state index contributed by atoms with van der Waals surface area (Å²) in [6, 6.07) is 0. The standard InChI is InChI=1S/C13H20O3/c1-4-8-13(9-5-2,12(15)16)10-7-11(14)6-3/h4-6,14H,1-2,7-10H2,3H3,(H,15,16). The van der Waals surface area contributed by atoms with Crippen LogP contribution >= 0.6 is 0 Å². The topological polar surface area (TPSA) is 57.5 Å². The highest BCUT2D eigenvalue weighted by molar-refractivity contribution is 5.75. The summed E-state index contributed by atoms with van der Waals surface area (Å²) in [7, 11) is 0. The quantitative estimate of drug-likeness (QED) is 0.490. The van der Waals surface area contributed by atoms with Crippen LogP contribution in [0.3, 0.4) is 0 Å². The van der Waals surface area contributed by atoms with Crippen LogP contribution in [0.15, 0.2) is 37.1 Å². The zero-order valence-corrected chi connectivity index (χ0v) is 9.78. The Morgan fingerprint density at radius 1 is 1.25 bits per heavy atom. The Morgan fingerprint density at radius 3 is 2.06 bits per heavy atom. The van der Waals surface area contributed by atoms with E-state index in [1.165, 1.54) is 0 Å². The van der Waals surface area contributed by atoms with E-state index < -0.39 is 11.4 Å². The van der Waals surface area contributed by atoms with Crippen molar-refractivity contribution >= 4 is 5.97 Å². The molecular weight excluding hydrogens is 204 g/mol. The van der Waals surface area contributed by atoms with E-state index in [0.717, 1.165) is 0 Å². The fourth-order valence-corrected chi connectivity index (χ4v) is 1.63. The minimum absolute atomic E-state index is 0.221. The summed E-state index contributed by atoms with van der Waals surface area (Å²) in [5.74, 6) is -0.644. The molecule has 0 saturated carbocycles. The number of carbonyl (C=O) groups is 1. The van der Waals surface area contributed by atoms with E-state index in [1.54, 1.807) is 25.2 Å². The molecule has 0 atom stereocenters. The highest BCUT2D eigenvalue weighted by Crippen LogP contribution is 2.34. The van der Waals surface area contributed by atoms with Crippen LogP contribution in [0, 0.1) is 5.41 Å². The molecule has 0 aliphatic heterocycles. The van der Waals surface area contributed by atoms with Crippen LogP contribution in [-0.2, 0) is 4.79 Å². The van der Waals surface area contributed by atoms with Gasteiger partial charge in [0.05, 0.1) is 11.2 Å². The molecule has 0 aliphatic rings. The summed E-state index contributed by atoms with van der Waals surface area (Å²) in [5.41, 5.74) is -0.888. The summed E-state index contributed by atoms with van der Waals surface area (Å²) in [6.07, 6.45) is 6.29. The number of hydrogen-bond acceptors (Lipinski definition) is 2. The van der Waals surface area contributed by atoms with Crippen LogP contribution < -0.4 is 0 Å². The first kappa shape index (κ1) is 14.5. The molecular formula is C13H20O3. The fraction of sp³-hybridized carbons (Fsp3) is 0.462. The lowest BCUT2D eigenvalue weighted by Gasteiger charge is -2.26. The van der Waals surface area contributed by atoms with Gasteiger partial charge in [-0.05, 0) is 32.3 Å². The molecule has 0 aromatic heterocycles. The predicted octanol–water partition coefficient (Wildman–Crippen LogP) is 3.45. The second kappa shape index (κ2) is 6.88. The summed E-state index contributed by atoms with van der Waals surface area (Å²) in [4.78, 5) is 11.3. The third kappa shape index (κ3) is 3.93. The molecule has 0 aromatic carbocycles. The van der Waals surface area contributed by atoms with E-state index in [-0.39, 0.29) is 5.76 Å². The first-order valence-corrected chi connectivity index (χ1v) is 5.31. The number of aliphatic hydroxyl groups excluding tert-OH is 1. The average molecular weight is 224 g/mol. The normalized spacial score (nSPS) is 12.2. The molecule has 0 aromatic rings. The van der Waals surface area contributed by atoms with Crippen LogP contribution in [0.1, 0.15) is 32.6 Å². The molecule has 0 radical (unpaired) electrons. The largest absolute Gasteiger partial charge is 0.513 e. The maximum atomic E-state index is 11.3. The highest BCUT2D eigenvalue weighted by Gasteiger charge is 2.35. The van der Waals surface area contributed by atoms with Gasteiger partial charge in [0.1, 0.15) is 0 Å². The molecule has 3 nitrogen and oxygen atoms in total. The monoisotopic (exact) mass is 224 g/mol. The predicted molar refractivity (Wildman–Crippen MR) is 65.3 cm³/mol. The Bertz CT molecular complexity index is 280. The van der Waals surface area contributed by atoms with Gasteiger partial charge in [-0.3, -0.25) is 4.79 Å². The van der Waals surface area contributed by atoms with Gasteiger partial charge in [-0.2, -0.15) is 0 Å². The lowest BCUT2D eigenvalue weighted by molar-refractivity contribution is -0.149. The fourth-order valence-electron chi connectivity index (χ4n) is 1.63. The van der Waals surface area contributed by atoms with Crippen molar-refractivity contribution in [3.8, 4) is 0 Å². The van der Waals surface area contributed by atoms with Gasteiger partial charge >= 0.3 is 5.97 Å². The molecule has 0 aliphatic carbocycles. The molecule has 0 unspecified atom stereocenters.